The zero-order chi connectivity index (χ0) is 23.5. The van der Waals surface area contributed by atoms with Crippen LogP contribution in [0.2, 0.25) is 0 Å². The van der Waals surface area contributed by atoms with Crippen LogP contribution in [0.15, 0.2) is 24.3 Å². The zero-order valence-corrected chi connectivity index (χ0v) is 20.8. The molecule has 0 radical (unpaired) electrons. The second kappa shape index (κ2) is 7.81. The van der Waals surface area contributed by atoms with Crippen molar-refractivity contribution in [3.8, 4) is 0 Å². The maximum absolute atomic E-state index is 6.20. The molecule has 1 aromatic carbocycles. The molecule has 0 amide bonds. The Labute approximate surface area is 196 Å². The van der Waals surface area contributed by atoms with Crippen LogP contribution in [0, 0.1) is 26.7 Å². The first-order valence-electron chi connectivity index (χ1n) is 11.9. The van der Waals surface area contributed by atoms with Gasteiger partial charge in [0.25, 0.3) is 5.78 Å². The Bertz CT molecular complexity index is 1170. The van der Waals surface area contributed by atoms with Gasteiger partial charge in [-0.3, -0.25) is 0 Å². The van der Waals surface area contributed by atoms with Gasteiger partial charge in [0.2, 0.25) is 0 Å². The summed E-state index contributed by atoms with van der Waals surface area (Å²) in [5.74, 6) is 2.05. The van der Waals surface area contributed by atoms with Gasteiger partial charge in [0, 0.05) is 30.2 Å². The second-order valence-electron chi connectivity index (χ2n) is 10.6. The van der Waals surface area contributed by atoms with E-state index in [4.69, 9.17) is 14.3 Å². The molecule has 3 aromatic rings. The number of anilines is 1. The van der Waals surface area contributed by atoms with Gasteiger partial charge >= 0.3 is 7.12 Å². The van der Waals surface area contributed by atoms with E-state index in [-0.39, 0.29) is 18.3 Å². The fourth-order valence-corrected chi connectivity index (χ4v) is 4.95. The molecule has 174 valence electrons. The monoisotopic (exact) mass is 447 g/mol. The van der Waals surface area contributed by atoms with E-state index in [1.807, 2.05) is 11.4 Å². The number of nitrogens with zero attached hydrogens (tertiary/aromatic N) is 5. The van der Waals surface area contributed by atoms with Crippen LogP contribution in [-0.4, -0.2) is 51.0 Å². The number of aromatic nitrogens is 4. The molecule has 0 bridgehead atoms. The molecule has 4 heterocycles. The van der Waals surface area contributed by atoms with Crippen LogP contribution in [0.4, 0.5) is 5.69 Å². The van der Waals surface area contributed by atoms with Crippen LogP contribution in [0.5, 0.6) is 0 Å². The maximum atomic E-state index is 6.20. The lowest BCUT2D eigenvalue weighted by Crippen LogP contribution is -2.41. The van der Waals surface area contributed by atoms with Gasteiger partial charge in [-0.15, -0.1) is 0 Å². The Morgan fingerprint density at radius 1 is 1.00 bits per heavy atom. The number of aryl methyl sites for hydroxylation is 3. The Hall–Kier alpha value is -2.45. The fourth-order valence-electron chi connectivity index (χ4n) is 4.95. The summed E-state index contributed by atoms with van der Waals surface area (Å²) < 4.78 is 14.3. The molecule has 5 rings (SSSR count). The van der Waals surface area contributed by atoms with Crippen LogP contribution in [0.25, 0.3) is 5.78 Å². The minimum Gasteiger partial charge on any atom is -0.399 e. The van der Waals surface area contributed by atoms with Crippen LogP contribution < -0.4 is 10.4 Å². The quantitative estimate of drug-likeness (QED) is 0.572. The molecule has 1 atom stereocenters. The number of hydrogen-bond donors (Lipinski definition) is 0. The molecule has 2 fully saturated rings. The van der Waals surface area contributed by atoms with Gasteiger partial charge in [-0.25, -0.2) is 9.50 Å². The van der Waals surface area contributed by atoms with Gasteiger partial charge < -0.3 is 14.2 Å². The molecular formula is C25H34BN5O2. The van der Waals surface area contributed by atoms with Crippen molar-refractivity contribution in [1.82, 2.24) is 19.6 Å². The summed E-state index contributed by atoms with van der Waals surface area (Å²) in [7, 11) is -0.316. The van der Waals surface area contributed by atoms with E-state index in [0.29, 0.717) is 11.7 Å². The summed E-state index contributed by atoms with van der Waals surface area (Å²) >= 11 is 0. The van der Waals surface area contributed by atoms with Gasteiger partial charge in [-0.1, -0.05) is 12.1 Å². The highest BCUT2D eigenvalue weighted by atomic mass is 16.7. The first-order valence-corrected chi connectivity index (χ1v) is 11.9. The van der Waals surface area contributed by atoms with E-state index < -0.39 is 0 Å². The van der Waals surface area contributed by atoms with E-state index >= 15 is 0 Å². The number of benzene rings is 1. The molecule has 2 aromatic heterocycles. The Balaban J connectivity index is 1.27. The molecule has 0 saturated carbocycles. The van der Waals surface area contributed by atoms with Crippen molar-refractivity contribution in [2.75, 3.05) is 18.0 Å². The fraction of sp³-hybridized carbons (Fsp3) is 0.560. The summed E-state index contributed by atoms with van der Waals surface area (Å²) in [6.07, 6.45) is 2.19. The molecule has 2 aliphatic rings. The summed E-state index contributed by atoms with van der Waals surface area (Å²) in [5.41, 5.74) is 5.21. The van der Waals surface area contributed by atoms with E-state index in [1.54, 1.807) is 0 Å². The molecular weight excluding hydrogens is 413 g/mol. The standard InChI is InChI=1S/C25H34BN5O2/c1-16-22(17(2)31-23(27-16)28-18(3)29-31)14-19-12-13-30(15-19)21-10-8-20(9-11-21)26-32-24(4,5)25(6,7)33-26/h8-11,19H,12-15H2,1-7H3/t19-/m0/s1. The van der Waals surface area contributed by atoms with Gasteiger partial charge in [0.05, 0.1) is 11.2 Å². The summed E-state index contributed by atoms with van der Waals surface area (Å²) in [6.45, 7) is 16.6. The zero-order valence-electron chi connectivity index (χ0n) is 20.8. The van der Waals surface area contributed by atoms with Crippen molar-refractivity contribution in [3.63, 3.8) is 0 Å². The normalized spacial score (nSPS) is 22.0. The SMILES string of the molecule is Cc1nc2nc(C)c(C[C@@H]3CCN(c4ccc(B5OC(C)(C)C(C)(C)O5)cc4)C3)c(C)n2n1. The van der Waals surface area contributed by atoms with E-state index in [2.05, 4.69) is 80.8 Å². The minimum atomic E-state index is -0.322. The highest BCUT2D eigenvalue weighted by Gasteiger charge is 2.51. The summed E-state index contributed by atoms with van der Waals surface area (Å²) in [5, 5.41) is 4.52. The lowest BCUT2D eigenvalue weighted by Gasteiger charge is -2.32. The first kappa shape index (κ1) is 22.4. The molecule has 0 aliphatic carbocycles. The highest BCUT2D eigenvalue weighted by molar-refractivity contribution is 6.62. The van der Waals surface area contributed by atoms with Crippen molar-refractivity contribution >= 4 is 24.0 Å². The highest BCUT2D eigenvalue weighted by Crippen LogP contribution is 2.36. The number of fused-ring (bicyclic) bond motifs is 1. The third-order valence-electron chi connectivity index (χ3n) is 7.72. The lowest BCUT2D eigenvalue weighted by atomic mass is 9.79. The van der Waals surface area contributed by atoms with Crippen molar-refractivity contribution in [1.29, 1.82) is 0 Å². The van der Waals surface area contributed by atoms with Crippen LogP contribution >= 0.6 is 0 Å². The average Bonchev–Trinajstić information content (AvgIpc) is 3.41. The van der Waals surface area contributed by atoms with Crippen molar-refractivity contribution in [2.45, 2.75) is 72.5 Å². The number of rotatable bonds is 4. The largest absolute Gasteiger partial charge is 0.494 e. The van der Waals surface area contributed by atoms with Crippen LogP contribution in [0.3, 0.4) is 0 Å². The predicted octanol–water partition coefficient (Wildman–Crippen LogP) is 3.42. The average molecular weight is 447 g/mol. The molecule has 0 spiro atoms. The second-order valence-corrected chi connectivity index (χ2v) is 10.6. The van der Waals surface area contributed by atoms with E-state index in [0.717, 1.165) is 42.2 Å². The van der Waals surface area contributed by atoms with Crippen molar-refractivity contribution in [2.24, 2.45) is 5.92 Å². The van der Waals surface area contributed by atoms with Crippen LogP contribution in [0.1, 0.15) is 56.9 Å². The van der Waals surface area contributed by atoms with Crippen molar-refractivity contribution in [3.05, 3.63) is 47.0 Å². The molecule has 33 heavy (non-hydrogen) atoms. The van der Waals surface area contributed by atoms with Gasteiger partial charge in [0.1, 0.15) is 5.82 Å². The lowest BCUT2D eigenvalue weighted by molar-refractivity contribution is 0.00578. The predicted molar refractivity (Wildman–Crippen MR) is 131 cm³/mol. The van der Waals surface area contributed by atoms with Crippen molar-refractivity contribution < 1.29 is 9.31 Å². The molecule has 7 nitrogen and oxygen atoms in total. The topological polar surface area (TPSA) is 64.8 Å². The molecule has 8 heteroatoms. The molecule has 2 saturated heterocycles. The Kier molecular flexibility index (Phi) is 5.29. The van der Waals surface area contributed by atoms with Gasteiger partial charge in [0.15, 0.2) is 0 Å². The third kappa shape index (κ3) is 3.93. The molecule has 0 unspecified atom stereocenters. The van der Waals surface area contributed by atoms with E-state index in [1.165, 1.54) is 17.7 Å². The molecule has 0 N–H and O–H groups in total. The maximum Gasteiger partial charge on any atom is 0.494 e. The Morgan fingerprint density at radius 2 is 1.67 bits per heavy atom. The summed E-state index contributed by atoms with van der Waals surface area (Å²) in [4.78, 5) is 11.6. The Morgan fingerprint density at radius 3 is 2.33 bits per heavy atom. The summed E-state index contributed by atoms with van der Waals surface area (Å²) in [6, 6.07) is 8.68. The van der Waals surface area contributed by atoms with Gasteiger partial charge in [-0.2, -0.15) is 10.1 Å². The third-order valence-corrected chi connectivity index (χ3v) is 7.72. The first-order chi connectivity index (χ1) is 15.5. The van der Waals surface area contributed by atoms with E-state index in [9.17, 15) is 0 Å². The minimum absolute atomic E-state index is 0.316. The molecule has 2 aliphatic heterocycles. The smallest absolute Gasteiger partial charge is 0.399 e. The van der Waals surface area contributed by atoms with Gasteiger partial charge in [-0.05, 0) is 90.4 Å². The number of hydrogen-bond acceptors (Lipinski definition) is 6. The van der Waals surface area contributed by atoms with Crippen LogP contribution in [-0.2, 0) is 15.7 Å².